The fourth-order valence-electron chi connectivity index (χ4n) is 3.35. The highest BCUT2D eigenvalue weighted by atomic mass is 16.5. The number of amides is 2. The molecule has 3 heterocycles. The van der Waals surface area contributed by atoms with Crippen molar-refractivity contribution >= 4 is 23.2 Å². The average Bonchev–Trinajstić information content (AvgIpc) is 3.05. The van der Waals surface area contributed by atoms with E-state index in [1.54, 1.807) is 24.5 Å². The second kappa shape index (κ2) is 6.43. The Morgan fingerprint density at radius 2 is 2.20 bits per heavy atom. The SMILES string of the molecule is O=C(COc1cccnc1)NC1CC2C(=O)Nc3ccccc3N2C1. The molecule has 1 fully saturated rings. The zero-order valence-corrected chi connectivity index (χ0v) is 13.5. The topological polar surface area (TPSA) is 83.6 Å². The lowest BCUT2D eigenvalue weighted by Crippen LogP contribution is -2.44. The van der Waals surface area contributed by atoms with E-state index in [9.17, 15) is 9.59 Å². The first-order valence-corrected chi connectivity index (χ1v) is 8.19. The highest BCUT2D eigenvalue weighted by Gasteiger charge is 2.41. The number of rotatable bonds is 4. The van der Waals surface area contributed by atoms with Crippen LogP contribution in [0.2, 0.25) is 0 Å². The minimum atomic E-state index is -0.251. The second-order valence-electron chi connectivity index (χ2n) is 6.15. The Labute approximate surface area is 145 Å². The van der Waals surface area contributed by atoms with Gasteiger partial charge in [0.2, 0.25) is 5.91 Å². The van der Waals surface area contributed by atoms with Crippen molar-refractivity contribution in [1.82, 2.24) is 10.3 Å². The normalized spacial score (nSPS) is 21.1. The van der Waals surface area contributed by atoms with Gasteiger partial charge >= 0.3 is 0 Å². The van der Waals surface area contributed by atoms with E-state index in [1.165, 1.54) is 0 Å². The van der Waals surface area contributed by atoms with E-state index in [0.717, 1.165) is 11.4 Å². The fourth-order valence-corrected chi connectivity index (χ4v) is 3.35. The van der Waals surface area contributed by atoms with Crippen LogP contribution in [0.25, 0.3) is 0 Å². The van der Waals surface area contributed by atoms with Gasteiger partial charge in [0.25, 0.3) is 5.91 Å². The zero-order valence-electron chi connectivity index (χ0n) is 13.5. The molecule has 0 radical (unpaired) electrons. The van der Waals surface area contributed by atoms with Gasteiger partial charge in [0, 0.05) is 18.8 Å². The van der Waals surface area contributed by atoms with Gasteiger partial charge in [0.15, 0.2) is 6.61 Å². The van der Waals surface area contributed by atoms with Crippen molar-refractivity contribution in [2.45, 2.75) is 18.5 Å². The summed E-state index contributed by atoms with van der Waals surface area (Å²) in [6, 6.07) is 10.9. The van der Waals surface area contributed by atoms with Crippen molar-refractivity contribution in [1.29, 1.82) is 0 Å². The molecule has 4 rings (SSSR count). The number of carbonyl (C=O) groups excluding carboxylic acids is 2. The maximum absolute atomic E-state index is 12.3. The van der Waals surface area contributed by atoms with Crippen LogP contribution in [0.4, 0.5) is 11.4 Å². The van der Waals surface area contributed by atoms with Crippen LogP contribution >= 0.6 is 0 Å². The molecular weight excluding hydrogens is 320 g/mol. The number of benzene rings is 1. The predicted octanol–water partition coefficient (Wildman–Crippen LogP) is 1.18. The lowest BCUT2D eigenvalue weighted by Gasteiger charge is -2.32. The summed E-state index contributed by atoms with van der Waals surface area (Å²) in [4.78, 5) is 30.4. The van der Waals surface area contributed by atoms with Crippen LogP contribution in [0, 0.1) is 0 Å². The lowest BCUT2D eigenvalue weighted by molar-refractivity contribution is -0.124. The molecule has 0 spiro atoms. The van der Waals surface area contributed by atoms with Crippen LogP contribution in [0.5, 0.6) is 5.75 Å². The molecule has 0 aliphatic carbocycles. The fraction of sp³-hybridized carbons (Fsp3) is 0.278. The third-order valence-electron chi connectivity index (χ3n) is 4.44. The summed E-state index contributed by atoms with van der Waals surface area (Å²) >= 11 is 0. The minimum Gasteiger partial charge on any atom is -0.482 e. The van der Waals surface area contributed by atoms with E-state index in [4.69, 9.17) is 4.74 Å². The number of anilines is 2. The van der Waals surface area contributed by atoms with Crippen LogP contribution in [0.15, 0.2) is 48.8 Å². The van der Waals surface area contributed by atoms with Gasteiger partial charge in [0.1, 0.15) is 11.8 Å². The van der Waals surface area contributed by atoms with E-state index < -0.39 is 0 Å². The Hall–Kier alpha value is -3.09. The molecular formula is C18H18N4O3. The standard InChI is InChI=1S/C18H18N4O3/c23-17(11-25-13-4-3-7-19-9-13)20-12-8-16-18(24)21-14-5-1-2-6-15(14)22(16)10-12/h1-7,9,12,16H,8,10-11H2,(H,20,23)(H,21,24). The highest BCUT2D eigenvalue weighted by Crippen LogP contribution is 2.36. The highest BCUT2D eigenvalue weighted by molar-refractivity contribution is 6.04. The molecule has 0 bridgehead atoms. The van der Waals surface area contributed by atoms with Gasteiger partial charge in [-0.25, -0.2) is 0 Å². The van der Waals surface area contributed by atoms with Gasteiger partial charge < -0.3 is 20.3 Å². The Morgan fingerprint density at radius 3 is 3.04 bits per heavy atom. The summed E-state index contributed by atoms with van der Waals surface area (Å²) in [6.45, 7) is 0.531. The van der Waals surface area contributed by atoms with Crippen LogP contribution in [-0.4, -0.2) is 42.0 Å². The number of ether oxygens (including phenoxy) is 1. The first kappa shape index (κ1) is 15.4. The van der Waals surface area contributed by atoms with Crippen molar-refractivity contribution in [3.05, 3.63) is 48.8 Å². The monoisotopic (exact) mass is 338 g/mol. The molecule has 2 unspecified atom stereocenters. The third-order valence-corrected chi connectivity index (χ3v) is 4.44. The Kier molecular flexibility index (Phi) is 3.97. The third kappa shape index (κ3) is 3.13. The summed E-state index contributed by atoms with van der Waals surface area (Å²) in [5.74, 6) is 0.319. The molecule has 1 aromatic heterocycles. The number of fused-ring (bicyclic) bond motifs is 3. The van der Waals surface area contributed by atoms with Crippen LogP contribution in [-0.2, 0) is 9.59 Å². The largest absolute Gasteiger partial charge is 0.482 e. The smallest absolute Gasteiger partial charge is 0.258 e. The molecule has 0 saturated carbocycles. The summed E-state index contributed by atoms with van der Waals surface area (Å²) in [6.07, 6.45) is 3.79. The maximum atomic E-state index is 12.3. The summed E-state index contributed by atoms with van der Waals surface area (Å²) in [5, 5.41) is 5.88. The molecule has 1 aromatic carbocycles. The van der Waals surface area contributed by atoms with E-state index in [2.05, 4.69) is 20.5 Å². The van der Waals surface area contributed by atoms with Crippen molar-refractivity contribution in [3.8, 4) is 5.75 Å². The van der Waals surface area contributed by atoms with Gasteiger partial charge in [-0.3, -0.25) is 14.6 Å². The van der Waals surface area contributed by atoms with E-state index in [0.29, 0.717) is 18.7 Å². The number of nitrogens with zero attached hydrogens (tertiary/aromatic N) is 2. The quantitative estimate of drug-likeness (QED) is 0.874. The van der Waals surface area contributed by atoms with E-state index in [1.807, 2.05) is 24.3 Å². The predicted molar refractivity (Wildman–Crippen MR) is 92.5 cm³/mol. The van der Waals surface area contributed by atoms with E-state index in [-0.39, 0.29) is 30.5 Å². The number of para-hydroxylation sites is 2. The molecule has 2 atom stereocenters. The summed E-state index contributed by atoms with van der Waals surface area (Å²) < 4.78 is 5.41. The number of nitrogens with one attached hydrogen (secondary N) is 2. The molecule has 2 aliphatic rings. The summed E-state index contributed by atoms with van der Waals surface area (Å²) in [7, 11) is 0. The number of pyridine rings is 1. The number of carbonyl (C=O) groups is 2. The Morgan fingerprint density at radius 1 is 1.32 bits per heavy atom. The zero-order chi connectivity index (χ0) is 17.2. The molecule has 128 valence electrons. The number of hydrogen-bond donors (Lipinski definition) is 2. The summed E-state index contributed by atoms with van der Waals surface area (Å²) in [5.41, 5.74) is 1.81. The minimum absolute atomic E-state index is 0.0259. The van der Waals surface area contributed by atoms with Crippen molar-refractivity contribution in [2.75, 3.05) is 23.4 Å². The Balaban J connectivity index is 1.38. The van der Waals surface area contributed by atoms with Crippen molar-refractivity contribution < 1.29 is 14.3 Å². The first-order chi connectivity index (χ1) is 12.2. The second-order valence-corrected chi connectivity index (χ2v) is 6.15. The van der Waals surface area contributed by atoms with Gasteiger partial charge in [-0.2, -0.15) is 0 Å². The lowest BCUT2D eigenvalue weighted by atomic mass is 10.1. The molecule has 2 N–H and O–H groups in total. The van der Waals surface area contributed by atoms with Crippen molar-refractivity contribution in [2.24, 2.45) is 0 Å². The number of aromatic nitrogens is 1. The van der Waals surface area contributed by atoms with Gasteiger partial charge in [-0.1, -0.05) is 12.1 Å². The van der Waals surface area contributed by atoms with Crippen LogP contribution in [0.1, 0.15) is 6.42 Å². The van der Waals surface area contributed by atoms with Crippen LogP contribution in [0.3, 0.4) is 0 Å². The molecule has 1 saturated heterocycles. The molecule has 2 amide bonds. The molecule has 25 heavy (non-hydrogen) atoms. The van der Waals surface area contributed by atoms with Crippen molar-refractivity contribution in [3.63, 3.8) is 0 Å². The van der Waals surface area contributed by atoms with E-state index >= 15 is 0 Å². The number of hydrogen-bond acceptors (Lipinski definition) is 5. The molecule has 2 aromatic rings. The molecule has 7 nitrogen and oxygen atoms in total. The van der Waals surface area contributed by atoms with Crippen LogP contribution < -0.4 is 20.3 Å². The Bertz CT molecular complexity index is 796. The first-order valence-electron chi connectivity index (χ1n) is 8.19. The van der Waals surface area contributed by atoms with Gasteiger partial charge in [-0.05, 0) is 30.7 Å². The average molecular weight is 338 g/mol. The van der Waals surface area contributed by atoms with Gasteiger partial charge in [-0.15, -0.1) is 0 Å². The maximum Gasteiger partial charge on any atom is 0.258 e. The van der Waals surface area contributed by atoms with Gasteiger partial charge in [0.05, 0.1) is 17.6 Å². The molecule has 7 heteroatoms. The molecule has 2 aliphatic heterocycles.